The number of nitro groups is 1. The van der Waals surface area contributed by atoms with Gasteiger partial charge < -0.3 is 0 Å². The summed E-state index contributed by atoms with van der Waals surface area (Å²) in [6.45, 7) is 1.76. The molecule has 0 unspecified atom stereocenters. The van der Waals surface area contributed by atoms with Crippen molar-refractivity contribution in [3.8, 4) is 0 Å². The molecule has 1 aromatic carbocycles. The Kier molecular flexibility index (Phi) is 3.70. The first-order chi connectivity index (χ1) is 9.38. The van der Waals surface area contributed by atoms with Crippen LogP contribution < -0.4 is 5.32 Å². The number of carbonyl (C=O) groups is 1. The number of rotatable bonds is 3. The van der Waals surface area contributed by atoms with Crippen LogP contribution in [0.5, 0.6) is 0 Å². The quantitative estimate of drug-likeness (QED) is 0.697. The van der Waals surface area contributed by atoms with Crippen LogP contribution in [0.15, 0.2) is 18.3 Å². The maximum Gasteiger partial charge on any atom is 0.285 e. The van der Waals surface area contributed by atoms with Gasteiger partial charge in [0.15, 0.2) is 16.8 Å². The van der Waals surface area contributed by atoms with Crippen molar-refractivity contribution in [2.24, 2.45) is 0 Å². The number of hydrogen-bond acceptors (Lipinski definition) is 5. The number of hydrogen-bond donors (Lipinski definition) is 1. The predicted molar refractivity (Wildman–Crippen MR) is 67.8 cm³/mol. The number of anilines is 1. The fourth-order valence-corrected chi connectivity index (χ4v) is 2.11. The van der Waals surface area contributed by atoms with E-state index < -0.39 is 33.7 Å². The van der Waals surface area contributed by atoms with E-state index in [-0.39, 0.29) is 5.13 Å². The van der Waals surface area contributed by atoms with Gasteiger partial charge in [0.1, 0.15) is 5.56 Å². The summed E-state index contributed by atoms with van der Waals surface area (Å²) in [5.41, 5.74) is -1.38. The average molecular weight is 299 g/mol. The standard InChI is InChI=1S/C11H7F2N3O3S/c1-5-4-14-11(20-5)15-10(17)6-2-7(12)8(13)3-9(6)16(18)19/h2-4H,1H3,(H,14,15,17). The van der Waals surface area contributed by atoms with Gasteiger partial charge in [-0.15, -0.1) is 11.3 Å². The third kappa shape index (κ3) is 2.77. The van der Waals surface area contributed by atoms with Gasteiger partial charge in [0.25, 0.3) is 11.6 Å². The normalized spacial score (nSPS) is 10.3. The Morgan fingerprint density at radius 3 is 2.60 bits per heavy atom. The molecule has 9 heteroatoms. The van der Waals surface area contributed by atoms with E-state index in [1.54, 1.807) is 6.92 Å². The van der Waals surface area contributed by atoms with Crippen LogP contribution >= 0.6 is 11.3 Å². The Morgan fingerprint density at radius 1 is 1.40 bits per heavy atom. The molecule has 0 radical (unpaired) electrons. The Morgan fingerprint density at radius 2 is 2.05 bits per heavy atom. The van der Waals surface area contributed by atoms with Crippen LogP contribution in [0.1, 0.15) is 15.2 Å². The van der Waals surface area contributed by atoms with E-state index in [4.69, 9.17) is 0 Å². The van der Waals surface area contributed by atoms with Crippen molar-refractivity contribution in [3.63, 3.8) is 0 Å². The molecule has 0 aliphatic carbocycles. The summed E-state index contributed by atoms with van der Waals surface area (Å²) in [5.74, 6) is -3.65. The lowest BCUT2D eigenvalue weighted by molar-refractivity contribution is -0.385. The molecule has 6 nitrogen and oxygen atoms in total. The van der Waals surface area contributed by atoms with Crippen LogP contribution in [0.3, 0.4) is 0 Å². The molecule has 0 saturated heterocycles. The summed E-state index contributed by atoms with van der Waals surface area (Å²) in [6.07, 6.45) is 1.50. The molecule has 0 fully saturated rings. The number of carbonyl (C=O) groups excluding carboxylic acids is 1. The fourth-order valence-electron chi connectivity index (χ4n) is 1.45. The third-order valence-electron chi connectivity index (χ3n) is 2.32. The number of nitrogens with zero attached hydrogens (tertiary/aromatic N) is 2. The zero-order valence-corrected chi connectivity index (χ0v) is 10.8. The van der Waals surface area contributed by atoms with Crippen molar-refractivity contribution in [1.29, 1.82) is 0 Å². The second-order valence-corrected chi connectivity index (χ2v) is 5.01. The summed E-state index contributed by atoms with van der Waals surface area (Å²) >= 11 is 1.15. The van der Waals surface area contributed by atoms with Crippen molar-refractivity contribution in [1.82, 2.24) is 4.98 Å². The molecule has 2 aromatic rings. The maximum atomic E-state index is 13.1. The molecule has 1 heterocycles. The number of halogens is 2. The maximum absolute atomic E-state index is 13.1. The number of nitro benzene ring substituents is 1. The second-order valence-electron chi connectivity index (χ2n) is 3.77. The minimum atomic E-state index is -1.39. The van der Waals surface area contributed by atoms with Gasteiger partial charge in [-0.1, -0.05) is 0 Å². The monoisotopic (exact) mass is 299 g/mol. The van der Waals surface area contributed by atoms with Gasteiger partial charge in [-0.25, -0.2) is 13.8 Å². The minimum Gasteiger partial charge on any atom is -0.298 e. The number of amides is 1. The summed E-state index contributed by atoms with van der Waals surface area (Å²) in [4.78, 5) is 26.4. The molecule has 0 bridgehead atoms. The number of aryl methyl sites for hydroxylation is 1. The molecule has 1 N–H and O–H groups in total. The smallest absolute Gasteiger partial charge is 0.285 e. The SMILES string of the molecule is Cc1cnc(NC(=O)c2cc(F)c(F)cc2[N+](=O)[O-])s1. The Labute approximate surface area is 115 Å². The van der Waals surface area contributed by atoms with Gasteiger partial charge in [0, 0.05) is 11.1 Å². The molecule has 104 valence electrons. The van der Waals surface area contributed by atoms with Crippen LogP contribution in [0.2, 0.25) is 0 Å². The van der Waals surface area contributed by atoms with Gasteiger partial charge in [0.05, 0.1) is 11.0 Å². The Bertz CT molecular complexity index is 702. The first kappa shape index (κ1) is 14.0. The molecule has 1 aromatic heterocycles. The summed E-state index contributed by atoms with van der Waals surface area (Å²) < 4.78 is 26.1. The van der Waals surface area contributed by atoms with E-state index in [1.165, 1.54) is 6.20 Å². The average Bonchev–Trinajstić information content (AvgIpc) is 2.77. The number of thiazole rings is 1. The van der Waals surface area contributed by atoms with Crippen molar-refractivity contribution >= 4 is 28.1 Å². The lowest BCUT2D eigenvalue weighted by Gasteiger charge is -2.03. The molecular weight excluding hydrogens is 292 g/mol. The molecule has 2 rings (SSSR count). The molecular formula is C11H7F2N3O3S. The summed E-state index contributed by atoms with van der Waals surface area (Å²) in [5, 5.41) is 13.3. The van der Waals surface area contributed by atoms with Crippen LogP contribution in [-0.2, 0) is 0 Å². The highest BCUT2D eigenvalue weighted by Gasteiger charge is 2.24. The van der Waals surface area contributed by atoms with Crippen LogP contribution in [0, 0.1) is 28.7 Å². The highest BCUT2D eigenvalue weighted by Crippen LogP contribution is 2.24. The molecule has 0 saturated carbocycles. The summed E-state index contributed by atoms with van der Waals surface area (Å²) in [7, 11) is 0. The fraction of sp³-hybridized carbons (Fsp3) is 0.0909. The van der Waals surface area contributed by atoms with Gasteiger partial charge in [-0.3, -0.25) is 20.2 Å². The van der Waals surface area contributed by atoms with Crippen LogP contribution in [0.25, 0.3) is 0 Å². The first-order valence-corrected chi connectivity index (χ1v) is 6.07. The Balaban J connectivity index is 2.38. The topological polar surface area (TPSA) is 85.1 Å². The largest absolute Gasteiger partial charge is 0.298 e. The number of nitrogens with one attached hydrogen (secondary N) is 1. The number of benzene rings is 1. The third-order valence-corrected chi connectivity index (χ3v) is 3.15. The number of aromatic nitrogens is 1. The zero-order chi connectivity index (χ0) is 14.9. The van der Waals surface area contributed by atoms with Gasteiger partial charge in [-0.05, 0) is 13.0 Å². The molecule has 0 aliphatic heterocycles. The first-order valence-electron chi connectivity index (χ1n) is 5.25. The van der Waals surface area contributed by atoms with Crippen molar-refractivity contribution in [2.75, 3.05) is 5.32 Å². The van der Waals surface area contributed by atoms with E-state index in [2.05, 4.69) is 10.3 Å². The van der Waals surface area contributed by atoms with Crippen LogP contribution in [-0.4, -0.2) is 15.8 Å². The lowest BCUT2D eigenvalue weighted by atomic mass is 10.1. The van der Waals surface area contributed by atoms with E-state index in [1.807, 2.05) is 0 Å². The lowest BCUT2D eigenvalue weighted by Crippen LogP contribution is -2.14. The Hall–Kier alpha value is -2.42. The molecule has 20 heavy (non-hydrogen) atoms. The van der Waals surface area contributed by atoms with Crippen molar-refractivity contribution < 1.29 is 18.5 Å². The summed E-state index contributed by atoms with van der Waals surface area (Å²) in [6, 6.07) is 0.862. The van der Waals surface area contributed by atoms with Gasteiger partial charge in [-0.2, -0.15) is 0 Å². The second kappa shape index (κ2) is 5.29. The van der Waals surface area contributed by atoms with Gasteiger partial charge >= 0.3 is 0 Å². The highest BCUT2D eigenvalue weighted by atomic mass is 32.1. The van der Waals surface area contributed by atoms with E-state index in [9.17, 15) is 23.7 Å². The molecule has 0 atom stereocenters. The molecule has 0 aliphatic rings. The van der Waals surface area contributed by atoms with E-state index >= 15 is 0 Å². The van der Waals surface area contributed by atoms with E-state index in [0.29, 0.717) is 12.1 Å². The minimum absolute atomic E-state index is 0.214. The van der Waals surface area contributed by atoms with Gasteiger partial charge in [0.2, 0.25) is 0 Å². The van der Waals surface area contributed by atoms with Crippen molar-refractivity contribution in [3.05, 3.63) is 50.5 Å². The highest BCUT2D eigenvalue weighted by molar-refractivity contribution is 7.15. The van der Waals surface area contributed by atoms with Crippen molar-refractivity contribution in [2.45, 2.75) is 6.92 Å². The van der Waals surface area contributed by atoms with E-state index in [0.717, 1.165) is 16.2 Å². The zero-order valence-electron chi connectivity index (χ0n) is 10.0. The molecule has 1 amide bonds. The van der Waals surface area contributed by atoms with Crippen LogP contribution in [0.4, 0.5) is 19.6 Å². The predicted octanol–water partition coefficient (Wildman–Crippen LogP) is 2.89. The molecule has 0 spiro atoms.